The van der Waals surface area contributed by atoms with Crippen LogP contribution in [0, 0.1) is 0 Å². The first-order valence-electron chi connectivity index (χ1n) is 8.96. The molecule has 1 heterocycles. The highest BCUT2D eigenvalue weighted by Crippen LogP contribution is 2.21. The van der Waals surface area contributed by atoms with Crippen molar-refractivity contribution in [3.8, 4) is 0 Å². The first-order chi connectivity index (χ1) is 11.7. The molecule has 1 aliphatic rings. The molecule has 2 rings (SSSR count). The molecule has 5 nitrogen and oxygen atoms in total. The van der Waals surface area contributed by atoms with Crippen LogP contribution in [-0.4, -0.2) is 42.5 Å². The van der Waals surface area contributed by atoms with E-state index in [9.17, 15) is 9.59 Å². The van der Waals surface area contributed by atoms with E-state index >= 15 is 0 Å². The number of nitrogens with one attached hydrogen (secondary N) is 1. The molecule has 0 aliphatic carbocycles. The highest BCUT2D eigenvalue weighted by atomic mass is 16.5. The van der Waals surface area contributed by atoms with Crippen LogP contribution in [-0.2, 0) is 9.53 Å². The number of ether oxygens (including phenoxy) is 1. The van der Waals surface area contributed by atoms with Gasteiger partial charge in [-0.1, -0.05) is 19.1 Å². The Morgan fingerprint density at radius 3 is 2.79 bits per heavy atom. The predicted molar refractivity (Wildman–Crippen MR) is 95.1 cm³/mol. The van der Waals surface area contributed by atoms with E-state index in [1.807, 2.05) is 23.1 Å². The Labute approximate surface area is 144 Å². The standard InChI is InChI=1S/C19H28N2O3/c1-3-15-9-7-8-14-21(15)18(22)12-13-20-17-11-6-5-10-16(17)19(23)24-4-2/h5-6,10-11,15,20H,3-4,7-9,12-14H2,1-2H3. The second-order valence-electron chi connectivity index (χ2n) is 6.09. The van der Waals surface area contributed by atoms with E-state index in [0.29, 0.717) is 31.2 Å². The Kier molecular flexibility index (Phi) is 7.09. The SMILES string of the molecule is CCOC(=O)c1ccccc1NCCC(=O)N1CCCCC1CC. The van der Waals surface area contributed by atoms with E-state index in [2.05, 4.69) is 12.2 Å². The lowest BCUT2D eigenvalue weighted by molar-refractivity contribution is -0.134. The molecule has 0 bridgehead atoms. The highest BCUT2D eigenvalue weighted by Gasteiger charge is 2.24. The number of likely N-dealkylation sites (tertiary alicyclic amines) is 1. The maximum Gasteiger partial charge on any atom is 0.340 e. The lowest BCUT2D eigenvalue weighted by atomic mass is 9.99. The smallest absolute Gasteiger partial charge is 0.340 e. The van der Waals surface area contributed by atoms with Crippen LogP contribution < -0.4 is 5.32 Å². The van der Waals surface area contributed by atoms with Crippen molar-refractivity contribution in [1.82, 2.24) is 4.90 Å². The molecule has 5 heteroatoms. The molecule has 1 aliphatic heterocycles. The summed E-state index contributed by atoms with van der Waals surface area (Å²) in [6.07, 6.45) is 4.88. The van der Waals surface area contributed by atoms with E-state index in [1.54, 1.807) is 13.0 Å². The number of esters is 1. The molecule has 1 N–H and O–H groups in total. The van der Waals surface area contributed by atoms with Gasteiger partial charge in [0.15, 0.2) is 0 Å². The summed E-state index contributed by atoms with van der Waals surface area (Å²) in [6.45, 7) is 5.66. The number of nitrogens with zero attached hydrogens (tertiary/aromatic N) is 1. The minimum Gasteiger partial charge on any atom is -0.462 e. The number of rotatable bonds is 7. The van der Waals surface area contributed by atoms with Crippen LogP contribution in [0.4, 0.5) is 5.69 Å². The number of hydrogen-bond acceptors (Lipinski definition) is 4. The second kappa shape index (κ2) is 9.30. The van der Waals surface area contributed by atoms with Crippen molar-refractivity contribution in [2.45, 2.75) is 52.0 Å². The molecule has 0 saturated carbocycles. The normalized spacial score (nSPS) is 17.4. The third-order valence-corrected chi connectivity index (χ3v) is 4.50. The van der Waals surface area contributed by atoms with Gasteiger partial charge in [-0.2, -0.15) is 0 Å². The van der Waals surface area contributed by atoms with Gasteiger partial charge in [-0.15, -0.1) is 0 Å². The topological polar surface area (TPSA) is 58.6 Å². The Morgan fingerprint density at radius 2 is 2.04 bits per heavy atom. The average Bonchev–Trinajstić information content (AvgIpc) is 2.62. The zero-order valence-electron chi connectivity index (χ0n) is 14.7. The van der Waals surface area contributed by atoms with Gasteiger partial charge in [0, 0.05) is 31.2 Å². The Hall–Kier alpha value is -2.04. The molecule has 132 valence electrons. The molecule has 1 unspecified atom stereocenters. The summed E-state index contributed by atoms with van der Waals surface area (Å²) in [5.41, 5.74) is 1.23. The molecular weight excluding hydrogens is 304 g/mol. The molecule has 0 aromatic heterocycles. The van der Waals surface area contributed by atoms with Crippen LogP contribution >= 0.6 is 0 Å². The summed E-state index contributed by atoms with van der Waals surface area (Å²) >= 11 is 0. The van der Waals surface area contributed by atoms with Gasteiger partial charge in [0.05, 0.1) is 12.2 Å². The van der Waals surface area contributed by atoms with Crippen molar-refractivity contribution >= 4 is 17.6 Å². The van der Waals surface area contributed by atoms with E-state index in [4.69, 9.17) is 4.74 Å². The van der Waals surface area contributed by atoms with Crippen molar-refractivity contribution < 1.29 is 14.3 Å². The van der Waals surface area contributed by atoms with Crippen LogP contribution in [0.3, 0.4) is 0 Å². The van der Waals surface area contributed by atoms with Gasteiger partial charge in [-0.3, -0.25) is 4.79 Å². The molecular formula is C19H28N2O3. The third kappa shape index (κ3) is 4.73. The van der Waals surface area contributed by atoms with Gasteiger partial charge < -0.3 is 15.0 Å². The largest absolute Gasteiger partial charge is 0.462 e. The number of para-hydroxylation sites is 1. The number of piperidine rings is 1. The van der Waals surface area contributed by atoms with Crippen LogP contribution in [0.5, 0.6) is 0 Å². The summed E-state index contributed by atoms with van der Waals surface area (Å²) in [5.74, 6) is -0.142. The fourth-order valence-corrected chi connectivity index (χ4v) is 3.23. The van der Waals surface area contributed by atoms with Crippen LogP contribution in [0.25, 0.3) is 0 Å². The average molecular weight is 332 g/mol. The van der Waals surface area contributed by atoms with Gasteiger partial charge in [0.2, 0.25) is 5.91 Å². The van der Waals surface area contributed by atoms with E-state index < -0.39 is 0 Å². The van der Waals surface area contributed by atoms with Crippen molar-refractivity contribution in [2.75, 3.05) is 25.0 Å². The van der Waals surface area contributed by atoms with Crippen molar-refractivity contribution in [3.05, 3.63) is 29.8 Å². The van der Waals surface area contributed by atoms with Gasteiger partial charge in [-0.25, -0.2) is 4.79 Å². The highest BCUT2D eigenvalue weighted by molar-refractivity contribution is 5.95. The maximum absolute atomic E-state index is 12.5. The first-order valence-corrected chi connectivity index (χ1v) is 8.96. The fraction of sp³-hybridized carbons (Fsp3) is 0.579. The molecule has 1 aromatic carbocycles. The fourth-order valence-electron chi connectivity index (χ4n) is 3.23. The quantitative estimate of drug-likeness (QED) is 0.777. The lowest BCUT2D eigenvalue weighted by Gasteiger charge is -2.35. The second-order valence-corrected chi connectivity index (χ2v) is 6.09. The lowest BCUT2D eigenvalue weighted by Crippen LogP contribution is -2.43. The van der Waals surface area contributed by atoms with E-state index in [0.717, 1.165) is 31.5 Å². The molecule has 1 saturated heterocycles. The van der Waals surface area contributed by atoms with E-state index in [-0.39, 0.29) is 11.9 Å². The monoisotopic (exact) mass is 332 g/mol. The number of carbonyl (C=O) groups excluding carboxylic acids is 2. The summed E-state index contributed by atoms with van der Waals surface area (Å²) in [4.78, 5) is 26.5. The molecule has 1 aromatic rings. The Bertz CT molecular complexity index is 559. The van der Waals surface area contributed by atoms with Crippen molar-refractivity contribution in [2.24, 2.45) is 0 Å². The number of carbonyl (C=O) groups is 2. The first kappa shape index (κ1) is 18.3. The van der Waals surface area contributed by atoms with Gasteiger partial charge >= 0.3 is 5.97 Å². The predicted octanol–water partition coefficient (Wildman–Crippen LogP) is 3.46. The Morgan fingerprint density at radius 1 is 1.25 bits per heavy atom. The molecule has 0 radical (unpaired) electrons. The third-order valence-electron chi connectivity index (χ3n) is 4.50. The molecule has 1 fully saturated rings. The Balaban J connectivity index is 1.90. The summed E-state index contributed by atoms with van der Waals surface area (Å²) in [6, 6.07) is 7.64. The van der Waals surface area contributed by atoms with Gasteiger partial charge in [0.1, 0.15) is 0 Å². The molecule has 0 spiro atoms. The summed E-state index contributed by atoms with van der Waals surface area (Å²) < 4.78 is 5.07. The van der Waals surface area contributed by atoms with Crippen molar-refractivity contribution in [3.63, 3.8) is 0 Å². The zero-order chi connectivity index (χ0) is 17.4. The minimum atomic E-state index is -0.339. The maximum atomic E-state index is 12.5. The van der Waals surface area contributed by atoms with Gasteiger partial charge in [-0.05, 0) is 44.7 Å². The van der Waals surface area contributed by atoms with Gasteiger partial charge in [0.25, 0.3) is 0 Å². The number of benzene rings is 1. The number of anilines is 1. The number of amides is 1. The minimum absolute atomic E-state index is 0.197. The molecule has 24 heavy (non-hydrogen) atoms. The molecule has 1 atom stereocenters. The van der Waals surface area contributed by atoms with Crippen LogP contribution in [0.2, 0.25) is 0 Å². The zero-order valence-corrected chi connectivity index (χ0v) is 14.7. The van der Waals surface area contributed by atoms with Crippen molar-refractivity contribution in [1.29, 1.82) is 0 Å². The number of hydrogen-bond donors (Lipinski definition) is 1. The van der Waals surface area contributed by atoms with Crippen LogP contribution in [0.1, 0.15) is 56.3 Å². The van der Waals surface area contributed by atoms with E-state index in [1.165, 1.54) is 6.42 Å². The summed E-state index contributed by atoms with van der Waals surface area (Å²) in [7, 11) is 0. The molecule has 1 amide bonds. The van der Waals surface area contributed by atoms with Crippen LogP contribution in [0.15, 0.2) is 24.3 Å². The summed E-state index contributed by atoms with van der Waals surface area (Å²) in [5, 5.41) is 3.21.